The quantitative estimate of drug-likeness (QED) is 0.366. The van der Waals surface area contributed by atoms with E-state index in [1.165, 1.54) is 0 Å². The zero-order valence-electron chi connectivity index (χ0n) is 18.1. The zero-order valence-corrected chi connectivity index (χ0v) is 15.1. The number of hydrogen-bond acceptors (Lipinski definition) is 0. The molecule has 0 aliphatic heterocycles. The summed E-state index contributed by atoms with van der Waals surface area (Å²) in [5.74, 6) is -4.28. The second-order valence-corrected chi connectivity index (χ2v) is 7.10. The molecule has 1 aliphatic rings. The summed E-state index contributed by atoms with van der Waals surface area (Å²) in [4.78, 5) is 0. The monoisotopic (exact) mass is 363 g/mol. The van der Waals surface area contributed by atoms with E-state index < -0.39 is 36.1 Å². The Morgan fingerprint density at radius 2 is 1.65 bits per heavy atom. The highest BCUT2D eigenvalue weighted by Gasteiger charge is 2.22. The summed E-state index contributed by atoms with van der Waals surface area (Å²) < 4.78 is 65.9. The van der Waals surface area contributed by atoms with Crippen LogP contribution >= 0.6 is 0 Å². The fraction of sp³-hybridized carbons (Fsp3) is 0.478. The predicted molar refractivity (Wildman–Crippen MR) is 101 cm³/mol. The van der Waals surface area contributed by atoms with Gasteiger partial charge in [0, 0.05) is 4.11 Å². The van der Waals surface area contributed by atoms with Gasteiger partial charge in [-0.15, -0.1) is 0 Å². The first-order valence-corrected chi connectivity index (χ1v) is 9.40. The lowest BCUT2D eigenvalue weighted by molar-refractivity contribution is 0.303. The summed E-state index contributed by atoms with van der Waals surface area (Å²) in [6.45, 7) is 2.14. The molecule has 0 nitrogen and oxygen atoms in total. The van der Waals surface area contributed by atoms with Crippen molar-refractivity contribution < 1.29 is 17.3 Å². The Labute approximate surface area is 158 Å². The van der Waals surface area contributed by atoms with Crippen molar-refractivity contribution in [3.63, 3.8) is 0 Å². The summed E-state index contributed by atoms with van der Waals surface area (Å²) in [5.41, 5.74) is 1.45. The van der Waals surface area contributed by atoms with Gasteiger partial charge in [0.05, 0.1) is 0 Å². The van der Waals surface area contributed by atoms with Crippen LogP contribution in [0.4, 0.5) is 13.2 Å². The van der Waals surface area contributed by atoms with Crippen LogP contribution in [0.15, 0.2) is 36.4 Å². The van der Waals surface area contributed by atoms with Gasteiger partial charge in [-0.25, -0.2) is 13.2 Å². The number of halogens is 3. The maximum atomic E-state index is 13.5. The summed E-state index contributed by atoms with van der Waals surface area (Å²) in [7, 11) is 0. The second-order valence-electron chi connectivity index (χ2n) is 7.10. The molecule has 0 N–H and O–H groups in total. The highest BCUT2D eigenvalue weighted by Crippen LogP contribution is 2.38. The van der Waals surface area contributed by atoms with Gasteiger partial charge in [0.25, 0.3) is 0 Å². The molecule has 0 aromatic heterocycles. The zero-order chi connectivity index (χ0) is 21.2. The highest BCUT2D eigenvalue weighted by atomic mass is 19.2. The van der Waals surface area contributed by atoms with Gasteiger partial charge < -0.3 is 0 Å². The molecule has 0 saturated heterocycles. The highest BCUT2D eigenvalue weighted by molar-refractivity contribution is 5.64. The van der Waals surface area contributed by atoms with Crippen molar-refractivity contribution in [2.45, 2.75) is 64.1 Å². The molecule has 1 aliphatic carbocycles. The van der Waals surface area contributed by atoms with Gasteiger partial charge in [0.1, 0.15) is 0 Å². The average Bonchev–Trinajstić information content (AvgIpc) is 2.65. The molecule has 0 radical (unpaired) electrons. The fourth-order valence-corrected chi connectivity index (χ4v) is 3.55. The van der Waals surface area contributed by atoms with Gasteiger partial charge in [-0.3, -0.25) is 0 Å². The Kier molecular flexibility index (Phi) is 5.15. The number of rotatable bonds is 6. The Bertz CT molecular complexity index is 813. The van der Waals surface area contributed by atoms with Gasteiger partial charge in [-0.1, -0.05) is 56.9 Å². The van der Waals surface area contributed by atoms with Crippen molar-refractivity contribution in [1.82, 2.24) is 0 Å². The second kappa shape index (κ2) is 8.75. The van der Waals surface area contributed by atoms with Gasteiger partial charge in [0.15, 0.2) is 17.5 Å². The van der Waals surface area contributed by atoms with E-state index in [-0.39, 0.29) is 11.5 Å². The number of hydrogen-bond donors (Lipinski definition) is 0. The van der Waals surface area contributed by atoms with E-state index >= 15 is 0 Å². The van der Waals surface area contributed by atoms with Crippen LogP contribution in [0.1, 0.15) is 73.8 Å². The van der Waals surface area contributed by atoms with E-state index in [0.717, 1.165) is 37.8 Å². The first-order chi connectivity index (χ1) is 13.7. The molecule has 3 unspecified atom stereocenters. The van der Waals surface area contributed by atoms with E-state index in [2.05, 4.69) is 6.92 Å². The van der Waals surface area contributed by atoms with Gasteiger partial charge in [0.2, 0.25) is 0 Å². The molecule has 0 bridgehead atoms. The summed E-state index contributed by atoms with van der Waals surface area (Å²) in [6.07, 6.45) is 3.44. The van der Waals surface area contributed by atoms with Crippen molar-refractivity contribution in [2.75, 3.05) is 0 Å². The molecule has 3 heteroatoms. The summed E-state index contributed by atoms with van der Waals surface area (Å²) in [5, 5.41) is 0. The minimum atomic E-state index is -1.49. The largest absolute Gasteiger partial charge is 0.204 e. The molecule has 1 saturated carbocycles. The topological polar surface area (TPSA) is 0 Å². The molecule has 3 atom stereocenters. The van der Waals surface area contributed by atoms with Crippen LogP contribution in [0.3, 0.4) is 0 Å². The molecule has 0 spiro atoms. The van der Waals surface area contributed by atoms with Crippen LogP contribution in [0.5, 0.6) is 0 Å². The molecule has 3 rings (SSSR count). The molecule has 1 fully saturated rings. The first-order valence-electron chi connectivity index (χ1n) is 11.0. The van der Waals surface area contributed by atoms with Crippen molar-refractivity contribution in [1.29, 1.82) is 0 Å². The van der Waals surface area contributed by atoms with Crippen LogP contribution in [-0.2, 0) is 0 Å². The third kappa shape index (κ3) is 4.49. The number of unbranched alkanes of at least 4 members (excludes halogenated alkanes) is 2. The summed E-state index contributed by atoms with van der Waals surface area (Å²) in [6, 6.07) is 8.63. The van der Waals surface area contributed by atoms with E-state index in [1.807, 2.05) is 0 Å². The molecule has 0 amide bonds. The van der Waals surface area contributed by atoms with E-state index in [1.54, 1.807) is 24.3 Å². The van der Waals surface area contributed by atoms with Gasteiger partial charge in [-0.05, 0) is 66.3 Å². The molecule has 2 aromatic carbocycles. The maximum absolute atomic E-state index is 13.5. The molecular weight excluding hydrogens is 333 g/mol. The third-order valence-corrected chi connectivity index (χ3v) is 5.13. The van der Waals surface area contributed by atoms with Crippen LogP contribution in [-0.4, -0.2) is 0 Å². The number of benzene rings is 2. The summed E-state index contributed by atoms with van der Waals surface area (Å²) >= 11 is 0. The normalized spacial score (nSPS) is 26.8. The Balaban J connectivity index is 1.79. The smallest absolute Gasteiger partial charge is 0.194 e. The standard InChI is InChI=1S/C23H27F3/c1-2-3-4-5-16-6-8-17(9-7-16)18-10-12-19(13-11-18)20-14-21(24)23(26)22(25)15-20/h10-17H,2-9H2,1H3/i8D,9D2. The van der Waals surface area contributed by atoms with Crippen molar-refractivity contribution >= 4 is 0 Å². The fourth-order valence-electron chi connectivity index (χ4n) is 3.55. The van der Waals surface area contributed by atoms with E-state index in [0.29, 0.717) is 24.0 Å². The minimum absolute atomic E-state index is 0.220. The lowest BCUT2D eigenvalue weighted by atomic mass is 9.77. The van der Waals surface area contributed by atoms with Crippen molar-refractivity contribution in [3.05, 3.63) is 59.4 Å². The van der Waals surface area contributed by atoms with Crippen LogP contribution in [0, 0.1) is 23.4 Å². The van der Waals surface area contributed by atoms with Crippen molar-refractivity contribution in [3.8, 4) is 11.1 Å². The SMILES string of the molecule is [2H]C1CC(CCCCC)CC([2H])([2H])C1c1ccc(-c2cc(F)c(F)c(F)c2)cc1. The Hall–Kier alpha value is -1.77. The molecular formula is C23H27F3. The molecule has 26 heavy (non-hydrogen) atoms. The average molecular weight is 363 g/mol. The van der Waals surface area contributed by atoms with Crippen LogP contribution < -0.4 is 0 Å². The molecule has 0 heterocycles. The Morgan fingerprint density at radius 3 is 2.27 bits per heavy atom. The van der Waals surface area contributed by atoms with Gasteiger partial charge >= 0.3 is 0 Å². The van der Waals surface area contributed by atoms with Gasteiger partial charge in [-0.2, -0.15) is 0 Å². The first kappa shape index (κ1) is 15.3. The van der Waals surface area contributed by atoms with E-state index in [9.17, 15) is 13.2 Å². The third-order valence-electron chi connectivity index (χ3n) is 5.13. The predicted octanol–water partition coefficient (Wildman–Crippen LogP) is 7.63. The maximum Gasteiger partial charge on any atom is 0.194 e. The lowest BCUT2D eigenvalue weighted by Crippen LogP contribution is -2.13. The molecule has 140 valence electrons. The van der Waals surface area contributed by atoms with Crippen molar-refractivity contribution in [2.24, 2.45) is 5.92 Å². The minimum Gasteiger partial charge on any atom is -0.204 e. The molecule has 2 aromatic rings. The van der Waals surface area contributed by atoms with Crippen LogP contribution in [0.2, 0.25) is 0 Å². The lowest BCUT2D eigenvalue weighted by Gasteiger charge is -2.29. The van der Waals surface area contributed by atoms with E-state index in [4.69, 9.17) is 4.11 Å². The van der Waals surface area contributed by atoms with Crippen LogP contribution in [0.25, 0.3) is 11.1 Å². The Morgan fingerprint density at radius 1 is 0.962 bits per heavy atom.